The predicted octanol–water partition coefficient (Wildman–Crippen LogP) is 3.28. The molecule has 1 fully saturated rings. The van der Waals surface area contributed by atoms with Gasteiger partial charge in [-0.1, -0.05) is 11.6 Å². The summed E-state index contributed by atoms with van der Waals surface area (Å²) in [5, 5.41) is 4.59. The van der Waals surface area contributed by atoms with Gasteiger partial charge in [0.1, 0.15) is 12.4 Å². The topological polar surface area (TPSA) is 100 Å². The average molecular weight is 400 g/mol. The molecule has 1 aliphatic heterocycles. The Bertz CT molecular complexity index is 1130. The minimum absolute atomic E-state index is 0.216. The summed E-state index contributed by atoms with van der Waals surface area (Å²) < 4.78 is 4.95. The second-order valence-electron chi connectivity index (χ2n) is 7.00. The van der Waals surface area contributed by atoms with Gasteiger partial charge in [0, 0.05) is 27.7 Å². The molecule has 0 unspecified atom stereocenters. The second-order valence-corrected chi connectivity index (χ2v) is 7.43. The minimum Gasteiger partial charge on any atom is -0.447 e. The van der Waals surface area contributed by atoms with Crippen LogP contribution in [0.2, 0.25) is 5.02 Å². The number of hydrogen-bond donors (Lipinski definition) is 2. The van der Waals surface area contributed by atoms with Crippen LogP contribution in [0.5, 0.6) is 0 Å². The van der Waals surface area contributed by atoms with E-state index in [1.807, 2.05) is 13.8 Å². The van der Waals surface area contributed by atoms with E-state index in [-0.39, 0.29) is 5.56 Å². The van der Waals surface area contributed by atoms with Gasteiger partial charge in [-0.15, -0.1) is 0 Å². The second kappa shape index (κ2) is 6.79. The number of fused-ring (bicyclic) bond motifs is 1. The van der Waals surface area contributed by atoms with Gasteiger partial charge >= 0.3 is 6.09 Å². The number of aromatic amines is 1. The van der Waals surface area contributed by atoms with Crippen molar-refractivity contribution in [1.82, 2.24) is 15.0 Å². The maximum absolute atomic E-state index is 12.6. The number of nitrogens with zero attached hydrogens (tertiary/aromatic N) is 3. The Balaban J connectivity index is 1.68. The number of carbonyl (C=O) groups is 1. The van der Waals surface area contributed by atoms with Crippen molar-refractivity contribution in [3.8, 4) is 0 Å². The molecular weight excluding hydrogens is 382 g/mol. The standard InChI is InChI=1S/C19H18ClN5O3/c1-19(2,13-10-11-9-12(20)3-4-14(11)22-16(13)26)24-17-21-6-5-15(23-17)25-7-8-28-18(25)27/h3-6,9-10H,7-8H2,1-2H3,(H,22,26)(H,21,23,24). The first-order valence-corrected chi connectivity index (χ1v) is 9.10. The molecule has 0 bridgehead atoms. The van der Waals surface area contributed by atoms with E-state index in [1.165, 1.54) is 4.90 Å². The number of cyclic esters (lactones) is 1. The summed E-state index contributed by atoms with van der Waals surface area (Å²) in [4.78, 5) is 37.3. The molecule has 28 heavy (non-hydrogen) atoms. The maximum Gasteiger partial charge on any atom is 0.415 e. The fourth-order valence-electron chi connectivity index (χ4n) is 3.15. The van der Waals surface area contributed by atoms with Crippen molar-refractivity contribution in [3.05, 3.63) is 57.5 Å². The summed E-state index contributed by atoms with van der Waals surface area (Å²) in [7, 11) is 0. The number of H-pyrrole nitrogens is 1. The smallest absolute Gasteiger partial charge is 0.415 e. The zero-order valence-corrected chi connectivity index (χ0v) is 16.1. The first-order valence-electron chi connectivity index (χ1n) is 8.72. The molecule has 3 aromatic rings. The number of halogens is 1. The van der Waals surface area contributed by atoms with Gasteiger partial charge in [-0.2, -0.15) is 4.98 Å². The summed E-state index contributed by atoms with van der Waals surface area (Å²) in [6.45, 7) is 4.47. The first-order chi connectivity index (χ1) is 13.3. The van der Waals surface area contributed by atoms with Gasteiger partial charge in [-0.05, 0) is 44.2 Å². The number of aromatic nitrogens is 3. The zero-order chi connectivity index (χ0) is 19.9. The van der Waals surface area contributed by atoms with Crippen molar-refractivity contribution in [2.24, 2.45) is 0 Å². The lowest BCUT2D eigenvalue weighted by molar-refractivity contribution is 0.181. The number of ether oxygens (including phenoxy) is 1. The Labute approximate surface area is 165 Å². The van der Waals surface area contributed by atoms with E-state index in [9.17, 15) is 9.59 Å². The molecule has 0 aliphatic carbocycles. The van der Waals surface area contributed by atoms with Crippen molar-refractivity contribution < 1.29 is 9.53 Å². The van der Waals surface area contributed by atoms with Crippen LogP contribution in [0.15, 0.2) is 41.3 Å². The van der Waals surface area contributed by atoms with Crippen molar-refractivity contribution in [1.29, 1.82) is 0 Å². The van der Waals surface area contributed by atoms with Crippen LogP contribution in [0.4, 0.5) is 16.6 Å². The first kappa shape index (κ1) is 18.2. The fraction of sp³-hybridized carbons (Fsp3) is 0.263. The zero-order valence-electron chi connectivity index (χ0n) is 15.3. The van der Waals surface area contributed by atoms with Crippen LogP contribution in [0.25, 0.3) is 10.9 Å². The number of amides is 1. The van der Waals surface area contributed by atoms with E-state index in [0.29, 0.717) is 41.0 Å². The van der Waals surface area contributed by atoms with Gasteiger partial charge in [-0.25, -0.2) is 9.78 Å². The molecule has 0 spiro atoms. The van der Waals surface area contributed by atoms with Crippen LogP contribution < -0.4 is 15.8 Å². The molecule has 0 radical (unpaired) electrons. The van der Waals surface area contributed by atoms with Crippen molar-refractivity contribution >= 4 is 40.4 Å². The highest BCUT2D eigenvalue weighted by molar-refractivity contribution is 6.31. The normalized spacial score (nSPS) is 14.4. The number of carbonyl (C=O) groups excluding carboxylic acids is 1. The predicted molar refractivity (Wildman–Crippen MR) is 107 cm³/mol. The molecule has 4 rings (SSSR count). The Morgan fingerprint density at radius 1 is 1.25 bits per heavy atom. The van der Waals surface area contributed by atoms with Gasteiger partial charge in [0.15, 0.2) is 0 Å². The number of rotatable bonds is 4. The fourth-order valence-corrected chi connectivity index (χ4v) is 3.33. The lowest BCUT2D eigenvalue weighted by atomic mass is 9.94. The molecule has 0 saturated carbocycles. The van der Waals surface area contributed by atoms with Crippen LogP contribution >= 0.6 is 11.6 Å². The van der Waals surface area contributed by atoms with Crippen LogP contribution in [-0.4, -0.2) is 34.2 Å². The van der Waals surface area contributed by atoms with E-state index >= 15 is 0 Å². The van der Waals surface area contributed by atoms with Crippen molar-refractivity contribution in [2.75, 3.05) is 23.4 Å². The largest absolute Gasteiger partial charge is 0.447 e. The third-order valence-electron chi connectivity index (χ3n) is 4.58. The summed E-state index contributed by atoms with van der Waals surface area (Å²) >= 11 is 6.08. The van der Waals surface area contributed by atoms with Crippen LogP contribution in [0.1, 0.15) is 19.4 Å². The SMILES string of the molecule is CC(C)(Nc1nccc(N2CCOC2=O)n1)c1cc2cc(Cl)ccc2[nH]c1=O. The molecular formula is C19H18ClN5O3. The molecule has 9 heteroatoms. The Morgan fingerprint density at radius 3 is 2.82 bits per heavy atom. The molecule has 1 aromatic carbocycles. The van der Waals surface area contributed by atoms with Crippen molar-refractivity contribution in [2.45, 2.75) is 19.4 Å². The molecule has 2 aromatic heterocycles. The lowest BCUT2D eigenvalue weighted by Gasteiger charge is -2.26. The number of nitrogens with one attached hydrogen (secondary N) is 2. The number of hydrogen-bond acceptors (Lipinski definition) is 6. The minimum atomic E-state index is -0.783. The molecule has 8 nitrogen and oxygen atoms in total. The van der Waals surface area contributed by atoms with Crippen LogP contribution in [0, 0.1) is 0 Å². The van der Waals surface area contributed by atoms with Crippen LogP contribution in [0.3, 0.4) is 0 Å². The molecule has 0 atom stereocenters. The Kier molecular flexibility index (Phi) is 4.43. The van der Waals surface area contributed by atoms with Crippen LogP contribution in [-0.2, 0) is 10.3 Å². The highest BCUT2D eigenvalue weighted by atomic mass is 35.5. The third-order valence-corrected chi connectivity index (χ3v) is 4.82. The summed E-state index contributed by atoms with van der Waals surface area (Å²) in [6.07, 6.45) is 1.11. The Morgan fingerprint density at radius 2 is 2.07 bits per heavy atom. The number of anilines is 2. The van der Waals surface area contributed by atoms with E-state index < -0.39 is 11.6 Å². The van der Waals surface area contributed by atoms with E-state index in [4.69, 9.17) is 16.3 Å². The quantitative estimate of drug-likeness (QED) is 0.698. The van der Waals surface area contributed by atoms with Gasteiger partial charge in [0.2, 0.25) is 5.95 Å². The molecule has 1 amide bonds. The summed E-state index contributed by atoms with van der Waals surface area (Å²) in [5.74, 6) is 0.739. The molecule has 3 heterocycles. The molecule has 1 aliphatic rings. The average Bonchev–Trinajstić information content (AvgIpc) is 3.07. The van der Waals surface area contributed by atoms with Gasteiger partial charge in [0.25, 0.3) is 5.56 Å². The highest BCUT2D eigenvalue weighted by Gasteiger charge is 2.28. The summed E-state index contributed by atoms with van der Waals surface area (Å²) in [5.41, 5.74) is 0.219. The third kappa shape index (κ3) is 3.38. The van der Waals surface area contributed by atoms with E-state index in [2.05, 4.69) is 20.3 Å². The van der Waals surface area contributed by atoms with Gasteiger partial charge in [0.05, 0.1) is 12.1 Å². The van der Waals surface area contributed by atoms with Crippen molar-refractivity contribution in [3.63, 3.8) is 0 Å². The Hall–Kier alpha value is -3.13. The van der Waals surface area contributed by atoms with E-state index in [1.54, 1.807) is 36.5 Å². The number of pyridine rings is 1. The highest BCUT2D eigenvalue weighted by Crippen LogP contribution is 2.26. The maximum atomic E-state index is 12.6. The van der Waals surface area contributed by atoms with Gasteiger partial charge in [-0.3, -0.25) is 9.69 Å². The molecule has 1 saturated heterocycles. The summed E-state index contributed by atoms with van der Waals surface area (Å²) in [6, 6.07) is 8.73. The molecule has 2 N–H and O–H groups in total. The van der Waals surface area contributed by atoms with E-state index in [0.717, 1.165) is 5.39 Å². The van der Waals surface area contributed by atoms with Gasteiger partial charge < -0.3 is 15.0 Å². The molecule has 144 valence electrons. The number of benzene rings is 1. The monoisotopic (exact) mass is 399 g/mol. The lowest BCUT2D eigenvalue weighted by Crippen LogP contribution is -2.35.